The van der Waals surface area contributed by atoms with Crippen LogP contribution in [0.15, 0.2) is 59.5 Å². The fourth-order valence-electron chi connectivity index (χ4n) is 3.73. The number of thiazole rings is 1. The van der Waals surface area contributed by atoms with Crippen LogP contribution >= 0.6 is 11.3 Å². The first-order valence-electron chi connectivity index (χ1n) is 9.28. The van der Waals surface area contributed by atoms with Gasteiger partial charge in [-0.2, -0.15) is 0 Å². The van der Waals surface area contributed by atoms with Gasteiger partial charge in [-0.3, -0.25) is 14.9 Å². The van der Waals surface area contributed by atoms with Gasteiger partial charge in [0.15, 0.2) is 4.96 Å². The van der Waals surface area contributed by atoms with E-state index >= 15 is 0 Å². The van der Waals surface area contributed by atoms with Crippen molar-refractivity contribution < 1.29 is 4.92 Å². The summed E-state index contributed by atoms with van der Waals surface area (Å²) in [6, 6.07) is 14.1. The van der Waals surface area contributed by atoms with E-state index in [0.717, 1.165) is 33.5 Å². The van der Waals surface area contributed by atoms with E-state index in [2.05, 4.69) is 11.1 Å². The zero-order chi connectivity index (χ0) is 21.0. The first kappa shape index (κ1) is 18.3. The third-order valence-corrected chi connectivity index (χ3v) is 6.05. The lowest BCUT2D eigenvalue weighted by molar-refractivity contribution is -0.384. The molecule has 7 nitrogen and oxygen atoms in total. The number of nitro benzene ring substituents is 1. The molecule has 3 heterocycles. The maximum atomic E-state index is 13.1. The first-order chi connectivity index (χ1) is 14.4. The molecule has 0 aliphatic heterocycles. The van der Waals surface area contributed by atoms with E-state index in [1.165, 1.54) is 23.5 Å². The van der Waals surface area contributed by atoms with Gasteiger partial charge in [-0.15, -0.1) is 0 Å². The molecule has 0 aliphatic carbocycles. The van der Waals surface area contributed by atoms with E-state index in [1.54, 1.807) is 16.5 Å². The van der Waals surface area contributed by atoms with Crippen LogP contribution in [0.1, 0.15) is 16.8 Å². The minimum atomic E-state index is -0.425. The maximum absolute atomic E-state index is 13.1. The van der Waals surface area contributed by atoms with E-state index in [9.17, 15) is 14.9 Å². The molecule has 0 atom stereocenters. The molecule has 5 aromatic rings. The van der Waals surface area contributed by atoms with E-state index < -0.39 is 4.92 Å². The van der Waals surface area contributed by atoms with Gasteiger partial charge in [0.2, 0.25) is 0 Å². The van der Waals surface area contributed by atoms with Crippen molar-refractivity contribution in [1.29, 1.82) is 0 Å². The molecule has 8 heteroatoms. The SMILES string of the molecule is Cc1cc(C)c2nc3sc(=Cc4cccn4-c4ccc([N+](=O)[O-])cc4)c(=O)n3c2c1. The van der Waals surface area contributed by atoms with Crippen molar-refractivity contribution in [3.63, 3.8) is 0 Å². The highest BCUT2D eigenvalue weighted by Gasteiger charge is 2.14. The van der Waals surface area contributed by atoms with Crippen LogP contribution in [0, 0.1) is 24.0 Å². The molecule has 0 amide bonds. The second-order valence-corrected chi connectivity index (χ2v) is 8.18. The topological polar surface area (TPSA) is 82.4 Å². The van der Waals surface area contributed by atoms with Gasteiger partial charge in [0.05, 0.1) is 20.5 Å². The summed E-state index contributed by atoms with van der Waals surface area (Å²) in [6.45, 7) is 4.01. The zero-order valence-electron chi connectivity index (χ0n) is 16.2. The average molecular weight is 416 g/mol. The Balaban J connectivity index is 1.66. The van der Waals surface area contributed by atoms with Gasteiger partial charge in [-0.25, -0.2) is 9.38 Å². The highest BCUT2D eigenvalue weighted by atomic mass is 32.1. The highest BCUT2D eigenvalue weighted by Crippen LogP contribution is 2.22. The summed E-state index contributed by atoms with van der Waals surface area (Å²) in [5, 5.41) is 10.9. The Morgan fingerprint density at radius 1 is 1.13 bits per heavy atom. The van der Waals surface area contributed by atoms with Gasteiger partial charge < -0.3 is 4.57 Å². The molecule has 0 bridgehead atoms. The second kappa shape index (κ2) is 6.64. The molecule has 0 N–H and O–H groups in total. The van der Waals surface area contributed by atoms with Gasteiger partial charge in [0, 0.05) is 29.7 Å². The molecule has 3 aromatic heterocycles. The zero-order valence-corrected chi connectivity index (χ0v) is 17.0. The van der Waals surface area contributed by atoms with Crippen molar-refractivity contribution in [2.24, 2.45) is 0 Å². The quantitative estimate of drug-likeness (QED) is 0.331. The second-order valence-electron chi connectivity index (χ2n) is 7.17. The lowest BCUT2D eigenvalue weighted by Crippen LogP contribution is -2.23. The number of fused-ring (bicyclic) bond motifs is 3. The van der Waals surface area contributed by atoms with Crippen molar-refractivity contribution in [1.82, 2.24) is 14.0 Å². The van der Waals surface area contributed by atoms with Crippen LogP contribution in [0.5, 0.6) is 0 Å². The molecule has 0 fully saturated rings. The fourth-order valence-corrected chi connectivity index (χ4v) is 4.69. The van der Waals surface area contributed by atoms with Crippen LogP contribution in [0.2, 0.25) is 0 Å². The molecule has 30 heavy (non-hydrogen) atoms. The van der Waals surface area contributed by atoms with Crippen LogP contribution in [0.3, 0.4) is 0 Å². The number of nitrogens with zero attached hydrogens (tertiary/aromatic N) is 4. The highest BCUT2D eigenvalue weighted by molar-refractivity contribution is 7.15. The Morgan fingerprint density at radius 2 is 1.90 bits per heavy atom. The molecule has 0 unspecified atom stereocenters. The summed E-state index contributed by atoms with van der Waals surface area (Å²) in [5.74, 6) is 0. The number of aromatic nitrogens is 3. The monoisotopic (exact) mass is 416 g/mol. The smallest absolute Gasteiger partial charge is 0.275 e. The van der Waals surface area contributed by atoms with Crippen molar-refractivity contribution in [2.45, 2.75) is 13.8 Å². The standard InChI is InChI=1S/C22H16N4O3S/c1-13-10-14(2)20-18(11-13)25-21(27)19(30-22(25)23-20)12-17-4-3-9-24(17)15-5-7-16(8-6-15)26(28)29/h3-12H,1-2H3. The number of rotatable bonds is 3. The molecule has 5 rings (SSSR count). The molecule has 2 aromatic carbocycles. The summed E-state index contributed by atoms with van der Waals surface area (Å²) >= 11 is 1.35. The van der Waals surface area contributed by atoms with Gasteiger partial charge in [0.1, 0.15) is 0 Å². The Bertz CT molecular complexity index is 1560. The van der Waals surface area contributed by atoms with Crippen LogP contribution in [0.25, 0.3) is 27.8 Å². The lowest BCUT2D eigenvalue weighted by Gasteiger charge is -2.05. The number of hydrogen-bond donors (Lipinski definition) is 0. The van der Waals surface area contributed by atoms with Crippen LogP contribution in [0.4, 0.5) is 5.69 Å². The van der Waals surface area contributed by atoms with Gasteiger partial charge >= 0.3 is 0 Å². The van der Waals surface area contributed by atoms with Gasteiger partial charge in [-0.05, 0) is 61.4 Å². The number of nitro groups is 1. The fraction of sp³-hybridized carbons (Fsp3) is 0.0909. The van der Waals surface area contributed by atoms with Gasteiger partial charge in [-0.1, -0.05) is 17.4 Å². The molecule has 0 saturated carbocycles. The Kier molecular flexibility index (Phi) is 4.04. The van der Waals surface area contributed by atoms with Crippen molar-refractivity contribution >= 4 is 39.1 Å². The predicted molar refractivity (Wildman–Crippen MR) is 118 cm³/mol. The van der Waals surface area contributed by atoms with Crippen LogP contribution in [-0.4, -0.2) is 18.9 Å². The number of aryl methyl sites for hydroxylation is 2. The van der Waals surface area contributed by atoms with E-state index in [1.807, 2.05) is 48.9 Å². The predicted octanol–water partition coefficient (Wildman–Crippen LogP) is 3.77. The number of hydrogen-bond acceptors (Lipinski definition) is 5. The van der Waals surface area contributed by atoms with Gasteiger partial charge in [0.25, 0.3) is 11.2 Å². The van der Waals surface area contributed by atoms with E-state index in [0.29, 0.717) is 9.49 Å². The minimum Gasteiger partial charge on any atom is -0.317 e. The largest absolute Gasteiger partial charge is 0.317 e. The summed E-state index contributed by atoms with van der Waals surface area (Å²) in [4.78, 5) is 28.9. The summed E-state index contributed by atoms with van der Waals surface area (Å²) in [5.41, 5.74) is 5.35. The van der Waals surface area contributed by atoms with Crippen molar-refractivity contribution in [2.75, 3.05) is 0 Å². The lowest BCUT2D eigenvalue weighted by atomic mass is 10.1. The average Bonchev–Trinajstić information content (AvgIpc) is 3.39. The molecule has 148 valence electrons. The summed E-state index contributed by atoms with van der Waals surface area (Å²) in [7, 11) is 0. The molecule has 0 saturated heterocycles. The van der Waals surface area contributed by atoms with Crippen molar-refractivity contribution in [3.8, 4) is 5.69 Å². The molecule has 0 spiro atoms. The number of non-ortho nitro benzene ring substituents is 1. The molecular weight excluding hydrogens is 400 g/mol. The summed E-state index contributed by atoms with van der Waals surface area (Å²) in [6.07, 6.45) is 3.69. The normalized spacial score (nSPS) is 12.3. The van der Waals surface area contributed by atoms with Crippen LogP contribution < -0.4 is 10.1 Å². The van der Waals surface area contributed by atoms with E-state index in [-0.39, 0.29) is 11.2 Å². The molecule has 0 radical (unpaired) electrons. The third kappa shape index (κ3) is 2.81. The number of benzene rings is 2. The molecule has 0 aliphatic rings. The summed E-state index contributed by atoms with van der Waals surface area (Å²) < 4.78 is 4.14. The number of imidazole rings is 1. The first-order valence-corrected chi connectivity index (χ1v) is 10.1. The minimum absolute atomic E-state index is 0.0372. The maximum Gasteiger partial charge on any atom is 0.275 e. The Labute approximate surface area is 174 Å². The third-order valence-electron chi connectivity index (χ3n) is 5.08. The van der Waals surface area contributed by atoms with E-state index in [4.69, 9.17) is 0 Å². The molecular formula is C22H16N4O3S. The van der Waals surface area contributed by atoms with Crippen LogP contribution in [-0.2, 0) is 0 Å². The Hall–Kier alpha value is -3.78. The van der Waals surface area contributed by atoms with Crippen molar-refractivity contribution in [3.05, 3.63) is 96.5 Å². The Morgan fingerprint density at radius 3 is 2.63 bits per heavy atom.